The molecule has 3 rings (SSSR count). The van der Waals surface area contributed by atoms with Gasteiger partial charge in [0.05, 0.1) is 0 Å². The van der Waals surface area contributed by atoms with E-state index in [1.165, 1.54) is 19.2 Å². The van der Waals surface area contributed by atoms with Gasteiger partial charge >= 0.3 is 0 Å². The first-order valence-corrected chi connectivity index (χ1v) is 6.76. The molecule has 0 radical (unpaired) electrons. The number of oxazole rings is 1. The molecule has 2 aromatic carbocycles. The van der Waals surface area contributed by atoms with Crippen LogP contribution < -0.4 is 10.6 Å². The van der Waals surface area contributed by atoms with Gasteiger partial charge < -0.3 is 15.1 Å². The second kappa shape index (κ2) is 5.85. The number of rotatable bonds is 4. The average molecular weight is 299 g/mol. The maximum atomic E-state index is 13.0. The lowest BCUT2D eigenvalue weighted by molar-refractivity contribution is -0.121. The summed E-state index contributed by atoms with van der Waals surface area (Å²) in [6.45, 7) is 0. The van der Waals surface area contributed by atoms with Crippen molar-refractivity contribution in [2.45, 2.75) is 6.04 Å². The van der Waals surface area contributed by atoms with Gasteiger partial charge in [0.2, 0.25) is 5.91 Å². The quantitative estimate of drug-likeness (QED) is 0.777. The van der Waals surface area contributed by atoms with Gasteiger partial charge in [0, 0.05) is 7.05 Å². The number of carbonyl (C=O) groups excluding carboxylic acids is 1. The number of aromatic nitrogens is 1. The summed E-state index contributed by atoms with van der Waals surface area (Å²) in [5, 5.41) is 5.51. The van der Waals surface area contributed by atoms with Crippen LogP contribution in [0.15, 0.2) is 52.9 Å². The van der Waals surface area contributed by atoms with E-state index in [2.05, 4.69) is 15.6 Å². The first-order chi connectivity index (χ1) is 10.7. The molecule has 1 heterocycles. The average Bonchev–Trinajstić information content (AvgIpc) is 2.95. The Labute approximate surface area is 126 Å². The lowest BCUT2D eigenvalue weighted by atomic mass is 10.1. The fourth-order valence-electron chi connectivity index (χ4n) is 2.16. The van der Waals surface area contributed by atoms with E-state index in [9.17, 15) is 9.18 Å². The highest BCUT2D eigenvalue weighted by Gasteiger charge is 2.21. The van der Waals surface area contributed by atoms with E-state index >= 15 is 0 Å². The highest BCUT2D eigenvalue weighted by Crippen LogP contribution is 2.23. The zero-order valence-corrected chi connectivity index (χ0v) is 11.8. The molecule has 0 spiro atoms. The van der Waals surface area contributed by atoms with Crippen molar-refractivity contribution < 1.29 is 13.6 Å². The standard InChI is InChI=1S/C16H14FN3O2/c1-18-15(21)14(10-6-8-11(17)9-7-10)20-16-19-12-4-2-3-5-13(12)22-16/h2-9,14H,1H3,(H,18,21)(H,19,20). The number of para-hydroxylation sites is 2. The Morgan fingerprint density at radius 1 is 1.18 bits per heavy atom. The van der Waals surface area contributed by atoms with Gasteiger partial charge in [-0.1, -0.05) is 24.3 Å². The lowest BCUT2D eigenvalue weighted by Crippen LogP contribution is -2.30. The number of nitrogens with one attached hydrogen (secondary N) is 2. The number of fused-ring (bicyclic) bond motifs is 1. The van der Waals surface area contributed by atoms with E-state index in [4.69, 9.17) is 4.42 Å². The monoisotopic (exact) mass is 299 g/mol. The van der Waals surface area contributed by atoms with Crippen molar-refractivity contribution in [2.75, 3.05) is 12.4 Å². The van der Waals surface area contributed by atoms with Gasteiger partial charge in [0.1, 0.15) is 17.4 Å². The number of anilines is 1. The third-order valence-electron chi connectivity index (χ3n) is 3.27. The van der Waals surface area contributed by atoms with Crippen molar-refractivity contribution in [3.05, 3.63) is 59.9 Å². The number of benzene rings is 2. The summed E-state index contributed by atoms with van der Waals surface area (Å²) in [5.41, 5.74) is 1.93. The maximum Gasteiger partial charge on any atom is 0.296 e. The minimum absolute atomic E-state index is 0.235. The highest BCUT2D eigenvalue weighted by atomic mass is 19.1. The Bertz CT molecular complexity index is 766. The molecule has 1 unspecified atom stereocenters. The van der Waals surface area contributed by atoms with Crippen LogP contribution >= 0.6 is 0 Å². The molecule has 112 valence electrons. The molecule has 1 aromatic heterocycles. The Kier molecular flexibility index (Phi) is 3.74. The molecule has 0 bridgehead atoms. The van der Waals surface area contributed by atoms with Crippen LogP contribution in [0, 0.1) is 5.82 Å². The molecule has 2 N–H and O–H groups in total. The summed E-state index contributed by atoms with van der Waals surface area (Å²) in [4.78, 5) is 16.4. The summed E-state index contributed by atoms with van der Waals surface area (Å²) < 4.78 is 18.6. The molecule has 6 heteroatoms. The molecule has 0 aliphatic rings. The number of hydrogen-bond acceptors (Lipinski definition) is 4. The lowest BCUT2D eigenvalue weighted by Gasteiger charge is -2.16. The molecule has 3 aromatic rings. The van der Waals surface area contributed by atoms with Crippen molar-refractivity contribution in [1.82, 2.24) is 10.3 Å². The zero-order valence-electron chi connectivity index (χ0n) is 11.8. The third-order valence-corrected chi connectivity index (χ3v) is 3.27. The molecule has 0 saturated carbocycles. The predicted octanol–water partition coefficient (Wildman–Crippen LogP) is 2.87. The molecule has 1 atom stereocenters. The first kappa shape index (κ1) is 14.1. The number of halogens is 1. The SMILES string of the molecule is CNC(=O)C(Nc1nc2ccccc2o1)c1ccc(F)cc1. The Morgan fingerprint density at radius 3 is 2.59 bits per heavy atom. The van der Waals surface area contributed by atoms with Crippen LogP contribution in [0.2, 0.25) is 0 Å². The van der Waals surface area contributed by atoms with Crippen molar-refractivity contribution >= 4 is 23.0 Å². The molecule has 0 aliphatic carbocycles. The van der Waals surface area contributed by atoms with E-state index < -0.39 is 6.04 Å². The Balaban J connectivity index is 1.92. The summed E-state index contributed by atoms with van der Waals surface area (Å²) in [5.74, 6) is -0.630. The summed E-state index contributed by atoms with van der Waals surface area (Å²) >= 11 is 0. The van der Waals surface area contributed by atoms with Crippen LogP contribution in [0.5, 0.6) is 0 Å². The highest BCUT2D eigenvalue weighted by molar-refractivity contribution is 5.85. The number of carbonyl (C=O) groups is 1. The second-order valence-corrected chi connectivity index (χ2v) is 4.73. The van der Waals surface area contributed by atoms with E-state index in [1.807, 2.05) is 18.2 Å². The normalized spacial score (nSPS) is 12.1. The van der Waals surface area contributed by atoms with Gasteiger partial charge in [-0.3, -0.25) is 4.79 Å². The van der Waals surface area contributed by atoms with Crippen molar-refractivity contribution in [3.63, 3.8) is 0 Å². The minimum atomic E-state index is -0.723. The van der Waals surface area contributed by atoms with Gasteiger partial charge in [-0.05, 0) is 29.8 Å². The fraction of sp³-hybridized carbons (Fsp3) is 0.125. The Hall–Kier alpha value is -2.89. The number of nitrogens with zero attached hydrogens (tertiary/aromatic N) is 1. The predicted molar refractivity (Wildman–Crippen MR) is 80.8 cm³/mol. The van der Waals surface area contributed by atoms with Crippen LogP contribution in [0.4, 0.5) is 10.4 Å². The van der Waals surface area contributed by atoms with Gasteiger partial charge in [-0.2, -0.15) is 4.98 Å². The minimum Gasteiger partial charge on any atom is -0.424 e. The van der Waals surface area contributed by atoms with E-state index in [1.54, 1.807) is 18.2 Å². The van der Waals surface area contributed by atoms with E-state index in [0.29, 0.717) is 16.7 Å². The number of hydrogen-bond donors (Lipinski definition) is 2. The van der Waals surface area contributed by atoms with Crippen molar-refractivity contribution in [1.29, 1.82) is 0 Å². The molecular formula is C16H14FN3O2. The summed E-state index contributed by atoms with van der Waals surface area (Å²) in [6.07, 6.45) is 0. The molecule has 5 nitrogen and oxygen atoms in total. The number of likely N-dealkylation sites (N-methyl/N-ethyl adjacent to an activating group) is 1. The zero-order chi connectivity index (χ0) is 15.5. The fourth-order valence-corrected chi connectivity index (χ4v) is 2.16. The molecule has 1 amide bonds. The van der Waals surface area contributed by atoms with E-state index in [-0.39, 0.29) is 17.7 Å². The first-order valence-electron chi connectivity index (χ1n) is 6.76. The molecule has 22 heavy (non-hydrogen) atoms. The molecular weight excluding hydrogens is 285 g/mol. The topological polar surface area (TPSA) is 67.2 Å². The smallest absolute Gasteiger partial charge is 0.296 e. The van der Waals surface area contributed by atoms with Crippen molar-refractivity contribution in [2.24, 2.45) is 0 Å². The van der Waals surface area contributed by atoms with Crippen LogP contribution in [-0.2, 0) is 4.79 Å². The van der Waals surface area contributed by atoms with Gasteiger partial charge in [-0.25, -0.2) is 4.39 Å². The molecule has 0 saturated heterocycles. The van der Waals surface area contributed by atoms with E-state index in [0.717, 1.165) is 0 Å². The van der Waals surface area contributed by atoms with Crippen molar-refractivity contribution in [3.8, 4) is 0 Å². The molecule has 0 aliphatic heterocycles. The van der Waals surface area contributed by atoms with Gasteiger partial charge in [0.25, 0.3) is 6.01 Å². The Morgan fingerprint density at radius 2 is 1.91 bits per heavy atom. The summed E-state index contributed by atoms with van der Waals surface area (Å²) in [7, 11) is 1.53. The molecule has 0 fully saturated rings. The van der Waals surface area contributed by atoms with Gasteiger partial charge in [-0.15, -0.1) is 0 Å². The third kappa shape index (κ3) is 2.76. The largest absolute Gasteiger partial charge is 0.424 e. The second-order valence-electron chi connectivity index (χ2n) is 4.73. The number of amides is 1. The van der Waals surface area contributed by atoms with Crippen LogP contribution in [0.25, 0.3) is 11.1 Å². The van der Waals surface area contributed by atoms with Gasteiger partial charge in [0.15, 0.2) is 5.58 Å². The van der Waals surface area contributed by atoms with Crippen LogP contribution in [0.3, 0.4) is 0 Å². The van der Waals surface area contributed by atoms with Crippen LogP contribution in [-0.4, -0.2) is 17.9 Å². The maximum absolute atomic E-state index is 13.0. The summed E-state index contributed by atoms with van der Waals surface area (Å²) in [6, 6.07) is 12.5. The van der Waals surface area contributed by atoms with Crippen LogP contribution in [0.1, 0.15) is 11.6 Å².